The Morgan fingerprint density at radius 3 is 2.61 bits per heavy atom. The van der Waals surface area contributed by atoms with Crippen LogP contribution < -0.4 is 15.4 Å². The molecule has 1 aromatic heterocycles. The van der Waals surface area contributed by atoms with E-state index in [2.05, 4.69) is 15.7 Å². The van der Waals surface area contributed by atoms with Gasteiger partial charge in [-0.2, -0.15) is 9.40 Å². The average molecular weight is 472 g/mol. The van der Waals surface area contributed by atoms with Crippen molar-refractivity contribution < 1.29 is 22.7 Å². The molecule has 2 N–H and O–H groups in total. The molecule has 0 spiro atoms. The summed E-state index contributed by atoms with van der Waals surface area (Å²) in [6.45, 7) is 1.17. The normalized spacial score (nSPS) is 14.6. The summed E-state index contributed by atoms with van der Waals surface area (Å²) < 4.78 is 39.7. The summed E-state index contributed by atoms with van der Waals surface area (Å²) in [5.41, 5.74) is 1.26. The Kier molecular flexibility index (Phi) is 6.92. The third-order valence-electron chi connectivity index (χ3n) is 5.08. The highest BCUT2D eigenvalue weighted by atomic mass is 32.2. The predicted octanol–water partition coefficient (Wildman–Crippen LogP) is 1.95. The van der Waals surface area contributed by atoms with Gasteiger partial charge in [0.05, 0.1) is 32.6 Å². The van der Waals surface area contributed by atoms with Gasteiger partial charge in [0.25, 0.3) is 0 Å². The molecule has 0 bridgehead atoms. The molecular formula is C22H25N5O5S. The SMILES string of the molecule is COc1ccc(NC(=O)CNc2ccn(-c3ccccc3)n2)cc1S(=O)(=O)N1CCOCC1. The minimum absolute atomic E-state index is 0.000682. The van der Waals surface area contributed by atoms with Crippen molar-refractivity contribution in [3.05, 3.63) is 60.8 Å². The third kappa shape index (κ3) is 5.33. The van der Waals surface area contributed by atoms with Gasteiger partial charge in [-0.3, -0.25) is 4.79 Å². The Morgan fingerprint density at radius 1 is 1.12 bits per heavy atom. The summed E-state index contributed by atoms with van der Waals surface area (Å²) in [5.74, 6) is 0.410. The van der Waals surface area contributed by atoms with Gasteiger partial charge in [-0.15, -0.1) is 0 Å². The fraction of sp³-hybridized carbons (Fsp3) is 0.273. The van der Waals surface area contributed by atoms with E-state index >= 15 is 0 Å². The number of carbonyl (C=O) groups is 1. The molecule has 2 aromatic carbocycles. The summed E-state index contributed by atoms with van der Waals surface area (Å²) in [5, 5.41) is 10.1. The van der Waals surface area contributed by atoms with E-state index in [-0.39, 0.29) is 36.2 Å². The summed E-state index contributed by atoms with van der Waals surface area (Å²) in [7, 11) is -2.39. The van der Waals surface area contributed by atoms with Gasteiger partial charge < -0.3 is 20.1 Å². The van der Waals surface area contributed by atoms with Gasteiger partial charge in [-0.25, -0.2) is 13.1 Å². The van der Waals surface area contributed by atoms with Crippen molar-refractivity contribution in [2.24, 2.45) is 0 Å². The van der Waals surface area contributed by atoms with Crippen LogP contribution in [0.4, 0.5) is 11.5 Å². The first-order valence-electron chi connectivity index (χ1n) is 10.4. The van der Waals surface area contributed by atoms with E-state index in [1.54, 1.807) is 23.0 Å². The number of amides is 1. The minimum atomic E-state index is -3.79. The molecule has 4 rings (SSSR count). The zero-order valence-electron chi connectivity index (χ0n) is 18.1. The van der Waals surface area contributed by atoms with Crippen molar-refractivity contribution in [1.82, 2.24) is 14.1 Å². The summed E-state index contributed by atoms with van der Waals surface area (Å²) in [6.07, 6.45) is 1.79. The maximum atomic E-state index is 13.1. The van der Waals surface area contributed by atoms with Crippen LogP contribution in [0.15, 0.2) is 65.7 Å². The number of nitrogens with one attached hydrogen (secondary N) is 2. The lowest BCUT2D eigenvalue weighted by molar-refractivity contribution is -0.114. The van der Waals surface area contributed by atoms with E-state index in [0.29, 0.717) is 24.7 Å². The number of ether oxygens (including phenoxy) is 2. The van der Waals surface area contributed by atoms with Crippen molar-refractivity contribution >= 4 is 27.4 Å². The van der Waals surface area contributed by atoms with E-state index in [0.717, 1.165) is 5.69 Å². The van der Waals surface area contributed by atoms with Crippen LogP contribution in [0.2, 0.25) is 0 Å². The molecule has 0 saturated carbocycles. The Morgan fingerprint density at radius 2 is 1.88 bits per heavy atom. The van der Waals surface area contributed by atoms with Crippen molar-refractivity contribution in [3.63, 3.8) is 0 Å². The lowest BCUT2D eigenvalue weighted by Crippen LogP contribution is -2.40. The van der Waals surface area contributed by atoms with Crippen LogP contribution in [-0.2, 0) is 19.6 Å². The molecule has 0 radical (unpaired) electrons. The Hall–Kier alpha value is -3.41. The molecule has 1 aliphatic rings. The van der Waals surface area contributed by atoms with Crippen molar-refractivity contribution in [2.45, 2.75) is 4.90 Å². The number of hydrogen-bond acceptors (Lipinski definition) is 7. The van der Waals surface area contributed by atoms with Crippen LogP contribution in [0.1, 0.15) is 0 Å². The second kappa shape index (κ2) is 10.0. The first-order valence-corrected chi connectivity index (χ1v) is 11.8. The predicted molar refractivity (Wildman–Crippen MR) is 123 cm³/mol. The molecule has 33 heavy (non-hydrogen) atoms. The molecular weight excluding hydrogens is 446 g/mol. The first kappa shape index (κ1) is 22.8. The highest BCUT2D eigenvalue weighted by molar-refractivity contribution is 7.89. The maximum Gasteiger partial charge on any atom is 0.246 e. The van der Waals surface area contributed by atoms with Gasteiger partial charge >= 0.3 is 0 Å². The highest BCUT2D eigenvalue weighted by Gasteiger charge is 2.29. The number of nitrogens with zero attached hydrogens (tertiary/aromatic N) is 3. The van der Waals surface area contributed by atoms with E-state index in [4.69, 9.17) is 9.47 Å². The maximum absolute atomic E-state index is 13.1. The molecule has 11 heteroatoms. The van der Waals surface area contributed by atoms with Gasteiger partial charge in [-0.05, 0) is 30.3 Å². The fourth-order valence-electron chi connectivity index (χ4n) is 3.40. The van der Waals surface area contributed by atoms with E-state index < -0.39 is 10.0 Å². The number of hydrogen-bond donors (Lipinski definition) is 2. The standard InChI is InChI=1S/C22H25N5O5S/c1-31-19-8-7-17(15-20(19)33(29,30)26-11-13-32-14-12-26)24-22(28)16-23-21-9-10-27(25-21)18-5-3-2-4-6-18/h2-10,15H,11-14,16H2,1H3,(H,23,25)(H,24,28). The Bertz CT molecular complexity index is 1210. The van der Waals surface area contributed by atoms with Crippen LogP contribution in [0, 0.1) is 0 Å². The molecule has 174 valence electrons. The zero-order valence-corrected chi connectivity index (χ0v) is 18.9. The van der Waals surface area contributed by atoms with Crippen LogP contribution in [0.3, 0.4) is 0 Å². The third-order valence-corrected chi connectivity index (χ3v) is 6.99. The molecule has 1 aliphatic heterocycles. The van der Waals surface area contributed by atoms with Gasteiger partial charge in [0.2, 0.25) is 15.9 Å². The highest BCUT2D eigenvalue weighted by Crippen LogP contribution is 2.30. The average Bonchev–Trinajstić information content (AvgIpc) is 3.33. The van der Waals surface area contributed by atoms with Gasteiger partial charge in [-0.1, -0.05) is 18.2 Å². The topological polar surface area (TPSA) is 115 Å². The molecule has 1 saturated heterocycles. The molecule has 2 heterocycles. The number of morpholine rings is 1. The molecule has 1 amide bonds. The van der Waals surface area contributed by atoms with Crippen LogP contribution in [0.25, 0.3) is 5.69 Å². The van der Waals surface area contributed by atoms with Crippen molar-refractivity contribution in [2.75, 3.05) is 50.6 Å². The number of benzene rings is 2. The van der Waals surface area contributed by atoms with E-state index in [1.807, 2.05) is 30.3 Å². The molecule has 0 atom stereocenters. The number of sulfonamides is 1. The Labute approximate surface area is 192 Å². The second-order valence-electron chi connectivity index (χ2n) is 7.26. The number of carbonyl (C=O) groups excluding carboxylic acids is 1. The smallest absolute Gasteiger partial charge is 0.246 e. The quantitative estimate of drug-likeness (QED) is 0.516. The number of anilines is 2. The van der Waals surface area contributed by atoms with E-state index in [9.17, 15) is 13.2 Å². The molecule has 0 unspecified atom stereocenters. The van der Waals surface area contributed by atoms with Crippen LogP contribution >= 0.6 is 0 Å². The van der Waals surface area contributed by atoms with E-state index in [1.165, 1.54) is 23.5 Å². The fourth-order valence-corrected chi connectivity index (χ4v) is 4.99. The molecule has 3 aromatic rings. The molecule has 1 fully saturated rings. The largest absolute Gasteiger partial charge is 0.495 e. The summed E-state index contributed by atoms with van der Waals surface area (Å²) in [4.78, 5) is 12.5. The first-order chi connectivity index (χ1) is 16.0. The number of methoxy groups -OCH3 is 1. The van der Waals surface area contributed by atoms with Crippen molar-refractivity contribution in [1.29, 1.82) is 0 Å². The second-order valence-corrected chi connectivity index (χ2v) is 9.17. The lowest BCUT2D eigenvalue weighted by Gasteiger charge is -2.26. The van der Waals surface area contributed by atoms with Gasteiger partial charge in [0.1, 0.15) is 16.5 Å². The van der Waals surface area contributed by atoms with Crippen LogP contribution in [0.5, 0.6) is 5.75 Å². The van der Waals surface area contributed by atoms with Crippen LogP contribution in [-0.4, -0.2) is 68.4 Å². The number of aromatic nitrogens is 2. The Balaban J connectivity index is 1.42. The van der Waals surface area contributed by atoms with Gasteiger partial charge in [0.15, 0.2) is 0 Å². The number of para-hydroxylation sites is 1. The summed E-state index contributed by atoms with van der Waals surface area (Å²) >= 11 is 0. The minimum Gasteiger partial charge on any atom is -0.495 e. The zero-order chi connectivity index (χ0) is 23.3. The molecule has 10 nitrogen and oxygen atoms in total. The van der Waals surface area contributed by atoms with Gasteiger partial charge in [0, 0.05) is 31.0 Å². The molecule has 0 aliphatic carbocycles. The lowest BCUT2D eigenvalue weighted by atomic mass is 10.3. The monoisotopic (exact) mass is 471 g/mol. The van der Waals surface area contributed by atoms with Crippen molar-refractivity contribution in [3.8, 4) is 11.4 Å². The summed E-state index contributed by atoms with van der Waals surface area (Å²) in [6, 6.07) is 15.9. The number of rotatable bonds is 8.